The van der Waals surface area contributed by atoms with Crippen molar-refractivity contribution >= 4 is 10.9 Å². The standard InChI is InChI=1S/C13H17N3O/c1-16-8-11(9-2-5-14-6-3-9)10-4-7-15-12(10)13(16)17/h4,7-9,14-15H,2-3,5-6H2,1H3. The SMILES string of the molecule is Cn1cc(C2CCNCC2)c2cc[nH]c2c1=O. The van der Waals surface area contributed by atoms with Crippen molar-refractivity contribution in [1.29, 1.82) is 0 Å². The van der Waals surface area contributed by atoms with E-state index in [4.69, 9.17) is 0 Å². The van der Waals surface area contributed by atoms with Crippen LogP contribution in [0.3, 0.4) is 0 Å². The molecule has 0 aromatic carbocycles. The average Bonchev–Trinajstić information content (AvgIpc) is 2.84. The number of fused-ring (bicyclic) bond motifs is 1. The lowest BCUT2D eigenvalue weighted by Crippen LogP contribution is -2.27. The number of H-pyrrole nitrogens is 1. The van der Waals surface area contributed by atoms with Crippen molar-refractivity contribution in [2.45, 2.75) is 18.8 Å². The molecule has 1 saturated heterocycles. The van der Waals surface area contributed by atoms with Gasteiger partial charge >= 0.3 is 0 Å². The largest absolute Gasteiger partial charge is 0.357 e. The third kappa shape index (κ3) is 1.69. The molecule has 90 valence electrons. The van der Waals surface area contributed by atoms with Crippen molar-refractivity contribution in [2.24, 2.45) is 7.05 Å². The van der Waals surface area contributed by atoms with Crippen molar-refractivity contribution < 1.29 is 0 Å². The summed E-state index contributed by atoms with van der Waals surface area (Å²) >= 11 is 0. The van der Waals surface area contributed by atoms with E-state index in [0.29, 0.717) is 5.92 Å². The maximum absolute atomic E-state index is 11.9. The number of nitrogens with zero attached hydrogens (tertiary/aromatic N) is 1. The predicted molar refractivity (Wildman–Crippen MR) is 68.4 cm³/mol. The molecular weight excluding hydrogens is 214 g/mol. The van der Waals surface area contributed by atoms with Gasteiger partial charge in [0.15, 0.2) is 0 Å². The molecule has 0 unspecified atom stereocenters. The molecule has 0 saturated carbocycles. The van der Waals surface area contributed by atoms with Crippen LogP contribution in [0, 0.1) is 0 Å². The van der Waals surface area contributed by atoms with E-state index in [-0.39, 0.29) is 5.56 Å². The molecule has 0 aliphatic carbocycles. The van der Waals surface area contributed by atoms with Gasteiger partial charge in [-0.1, -0.05) is 0 Å². The summed E-state index contributed by atoms with van der Waals surface area (Å²) in [4.78, 5) is 15.0. The second-order valence-corrected chi connectivity index (χ2v) is 4.79. The molecule has 1 aliphatic heterocycles. The summed E-state index contributed by atoms with van der Waals surface area (Å²) in [5, 5.41) is 4.47. The lowest BCUT2D eigenvalue weighted by molar-refractivity contribution is 0.460. The number of hydrogen-bond donors (Lipinski definition) is 2. The molecule has 2 aromatic rings. The fourth-order valence-electron chi connectivity index (χ4n) is 2.76. The van der Waals surface area contributed by atoms with E-state index in [9.17, 15) is 4.79 Å². The molecule has 0 amide bonds. The second-order valence-electron chi connectivity index (χ2n) is 4.79. The summed E-state index contributed by atoms with van der Waals surface area (Å²) in [6.45, 7) is 2.14. The first-order valence-corrected chi connectivity index (χ1v) is 6.14. The van der Waals surface area contributed by atoms with Gasteiger partial charge in [-0.25, -0.2) is 0 Å². The zero-order valence-electron chi connectivity index (χ0n) is 9.99. The Hall–Kier alpha value is -1.55. The van der Waals surface area contributed by atoms with Crippen LogP contribution in [0.2, 0.25) is 0 Å². The van der Waals surface area contributed by atoms with Crippen LogP contribution in [-0.2, 0) is 7.05 Å². The molecule has 0 bridgehead atoms. The van der Waals surface area contributed by atoms with Gasteiger partial charge in [0.1, 0.15) is 5.52 Å². The van der Waals surface area contributed by atoms with Gasteiger partial charge in [-0.2, -0.15) is 0 Å². The number of rotatable bonds is 1. The highest BCUT2D eigenvalue weighted by molar-refractivity contribution is 5.82. The topological polar surface area (TPSA) is 49.8 Å². The molecular formula is C13H17N3O. The number of piperidine rings is 1. The van der Waals surface area contributed by atoms with E-state index >= 15 is 0 Å². The highest BCUT2D eigenvalue weighted by Gasteiger charge is 2.19. The minimum absolute atomic E-state index is 0.0580. The first-order chi connectivity index (χ1) is 8.27. The lowest BCUT2D eigenvalue weighted by Gasteiger charge is -2.24. The van der Waals surface area contributed by atoms with E-state index in [1.54, 1.807) is 4.57 Å². The van der Waals surface area contributed by atoms with Gasteiger partial charge in [0.25, 0.3) is 5.56 Å². The van der Waals surface area contributed by atoms with Crippen LogP contribution in [-0.4, -0.2) is 22.6 Å². The van der Waals surface area contributed by atoms with Crippen molar-refractivity contribution in [3.8, 4) is 0 Å². The number of aromatic amines is 1. The first kappa shape index (κ1) is 10.6. The molecule has 0 spiro atoms. The van der Waals surface area contributed by atoms with Crippen LogP contribution in [0.5, 0.6) is 0 Å². The Morgan fingerprint density at radius 2 is 2.12 bits per heavy atom. The van der Waals surface area contributed by atoms with Crippen molar-refractivity contribution in [1.82, 2.24) is 14.9 Å². The van der Waals surface area contributed by atoms with Crippen molar-refractivity contribution in [3.63, 3.8) is 0 Å². The van der Waals surface area contributed by atoms with Gasteiger partial charge in [-0.3, -0.25) is 4.79 Å². The van der Waals surface area contributed by atoms with E-state index in [2.05, 4.69) is 10.3 Å². The fraction of sp³-hybridized carbons (Fsp3) is 0.462. The molecule has 0 atom stereocenters. The molecule has 0 radical (unpaired) electrons. The Labute approximate surface area is 99.6 Å². The Balaban J connectivity index is 2.18. The van der Waals surface area contributed by atoms with E-state index in [1.165, 1.54) is 5.56 Å². The smallest absolute Gasteiger partial charge is 0.274 e. The number of hydrogen-bond acceptors (Lipinski definition) is 2. The Morgan fingerprint density at radius 3 is 2.88 bits per heavy atom. The van der Waals surface area contributed by atoms with Gasteiger partial charge < -0.3 is 14.9 Å². The van der Waals surface area contributed by atoms with Crippen LogP contribution in [0.15, 0.2) is 23.3 Å². The molecule has 4 nitrogen and oxygen atoms in total. The number of aryl methyl sites for hydroxylation is 1. The number of aromatic nitrogens is 2. The third-order valence-corrected chi connectivity index (χ3v) is 3.70. The minimum Gasteiger partial charge on any atom is -0.357 e. The van der Waals surface area contributed by atoms with Crippen LogP contribution in [0.25, 0.3) is 10.9 Å². The van der Waals surface area contributed by atoms with Crippen LogP contribution in [0.1, 0.15) is 24.3 Å². The highest BCUT2D eigenvalue weighted by Crippen LogP contribution is 2.29. The third-order valence-electron chi connectivity index (χ3n) is 3.70. The van der Waals surface area contributed by atoms with Crippen molar-refractivity contribution in [2.75, 3.05) is 13.1 Å². The zero-order valence-corrected chi connectivity index (χ0v) is 9.99. The summed E-state index contributed by atoms with van der Waals surface area (Å²) in [7, 11) is 1.83. The molecule has 17 heavy (non-hydrogen) atoms. The second kappa shape index (κ2) is 4.04. The lowest BCUT2D eigenvalue weighted by atomic mass is 9.89. The summed E-state index contributed by atoms with van der Waals surface area (Å²) in [5.41, 5.74) is 2.11. The normalized spacial score (nSPS) is 17.7. The zero-order chi connectivity index (χ0) is 11.8. The van der Waals surface area contributed by atoms with Crippen molar-refractivity contribution in [3.05, 3.63) is 34.4 Å². The molecule has 3 heterocycles. The van der Waals surface area contributed by atoms with E-state index in [0.717, 1.165) is 36.8 Å². The maximum atomic E-state index is 11.9. The highest BCUT2D eigenvalue weighted by atomic mass is 16.1. The van der Waals surface area contributed by atoms with Crippen LogP contribution in [0.4, 0.5) is 0 Å². The average molecular weight is 231 g/mol. The minimum atomic E-state index is 0.0580. The molecule has 2 N–H and O–H groups in total. The monoisotopic (exact) mass is 231 g/mol. The molecule has 3 rings (SSSR count). The van der Waals surface area contributed by atoms with Gasteiger partial charge in [-0.05, 0) is 43.5 Å². The molecule has 1 aliphatic rings. The Kier molecular flexibility index (Phi) is 2.52. The maximum Gasteiger partial charge on any atom is 0.274 e. The van der Waals surface area contributed by atoms with Crippen LogP contribution >= 0.6 is 0 Å². The Morgan fingerprint density at radius 1 is 1.35 bits per heavy atom. The van der Waals surface area contributed by atoms with Crippen LogP contribution < -0.4 is 10.9 Å². The number of pyridine rings is 1. The quantitative estimate of drug-likeness (QED) is 0.778. The molecule has 2 aromatic heterocycles. The fourth-order valence-corrected chi connectivity index (χ4v) is 2.76. The van der Waals surface area contributed by atoms with E-state index < -0.39 is 0 Å². The first-order valence-electron chi connectivity index (χ1n) is 6.14. The summed E-state index contributed by atoms with van der Waals surface area (Å²) in [6, 6.07) is 2.02. The molecule has 1 fully saturated rings. The van der Waals surface area contributed by atoms with Gasteiger partial charge in [0.05, 0.1) is 0 Å². The molecule has 4 heteroatoms. The summed E-state index contributed by atoms with van der Waals surface area (Å²) in [5.74, 6) is 0.571. The predicted octanol–water partition coefficient (Wildman–Crippen LogP) is 1.33. The van der Waals surface area contributed by atoms with Gasteiger partial charge in [-0.15, -0.1) is 0 Å². The summed E-state index contributed by atoms with van der Waals surface area (Å²) in [6.07, 6.45) is 6.17. The number of nitrogens with one attached hydrogen (secondary N) is 2. The Bertz CT molecular complexity index is 590. The van der Waals surface area contributed by atoms with Gasteiger partial charge in [0, 0.05) is 24.8 Å². The summed E-state index contributed by atoms with van der Waals surface area (Å²) < 4.78 is 1.69. The van der Waals surface area contributed by atoms with Gasteiger partial charge in [0.2, 0.25) is 0 Å². The van der Waals surface area contributed by atoms with E-state index in [1.807, 2.05) is 25.5 Å².